The summed E-state index contributed by atoms with van der Waals surface area (Å²) in [5.41, 5.74) is 0.859. The lowest BCUT2D eigenvalue weighted by atomic mass is 9.84. The van der Waals surface area contributed by atoms with Gasteiger partial charge in [-0.25, -0.2) is 4.39 Å². The second-order valence-electron chi connectivity index (χ2n) is 8.40. The Kier molecular flexibility index (Phi) is 6.39. The van der Waals surface area contributed by atoms with Crippen LogP contribution in [0.2, 0.25) is 0 Å². The van der Waals surface area contributed by atoms with E-state index in [0.717, 1.165) is 17.7 Å². The van der Waals surface area contributed by atoms with Crippen LogP contribution in [-0.2, 0) is 6.54 Å². The predicted octanol–water partition coefficient (Wildman–Crippen LogP) is 4.71. The van der Waals surface area contributed by atoms with Crippen LogP contribution in [0, 0.1) is 5.82 Å². The minimum atomic E-state index is -4.70. The Morgan fingerprint density at radius 1 is 1.03 bits per heavy atom. The number of nitrogens with zero attached hydrogens (tertiary/aromatic N) is 3. The van der Waals surface area contributed by atoms with Crippen molar-refractivity contribution in [2.45, 2.75) is 50.2 Å². The number of aliphatic hydroxyl groups is 1. The Morgan fingerprint density at radius 2 is 1.69 bits per heavy atom. The van der Waals surface area contributed by atoms with Gasteiger partial charge in [0.05, 0.1) is 17.3 Å². The molecule has 1 N–H and O–H groups in total. The van der Waals surface area contributed by atoms with Gasteiger partial charge in [0, 0.05) is 32.3 Å². The lowest BCUT2D eigenvalue weighted by Crippen LogP contribution is -2.47. The number of anilines is 1. The minimum Gasteiger partial charge on any atom is -0.406 e. The molecule has 0 spiro atoms. The van der Waals surface area contributed by atoms with Crippen LogP contribution in [0.1, 0.15) is 31.2 Å². The van der Waals surface area contributed by atoms with Crippen LogP contribution in [0.3, 0.4) is 0 Å². The summed E-state index contributed by atoms with van der Waals surface area (Å²) in [6.07, 6.45) is -0.419. The van der Waals surface area contributed by atoms with Crippen LogP contribution >= 0.6 is 0 Å². The maximum absolute atomic E-state index is 13.2. The number of halogens is 4. The Balaban J connectivity index is 1.29. The van der Waals surface area contributed by atoms with Crippen molar-refractivity contribution >= 4 is 11.9 Å². The largest absolute Gasteiger partial charge is 0.573 e. The standard InChI is InChI=1S/C23H25F4N3O2/c24-18-3-5-19(6-4-18)30-20(9-12-28-30)15-22(31)10-13-29(14-11-22)16-17-1-7-21(8-2-17)32-23(25,26)27/h1-8,12,20,31H,9-11,13-16H2. The number of alkyl halides is 3. The van der Waals surface area contributed by atoms with Gasteiger partial charge in [-0.2, -0.15) is 5.10 Å². The van der Waals surface area contributed by atoms with Gasteiger partial charge in [-0.1, -0.05) is 12.1 Å². The molecule has 0 aliphatic carbocycles. The molecule has 5 nitrogen and oxygen atoms in total. The lowest BCUT2D eigenvalue weighted by molar-refractivity contribution is -0.274. The molecule has 0 saturated carbocycles. The van der Waals surface area contributed by atoms with E-state index in [4.69, 9.17) is 0 Å². The van der Waals surface area contributed by atoms with E-state index in [1.165, 1.54) is 24.3 Å². The van der Waals surface area contributed by atoms with Gasteiger partial charge in [0.1, 0.15) is 11.6 Å². The van der Waals surface area contributed by atoms with Crippen LogP contribution in [-0.4, -0.2) is 47.3 Å². The summed E-state index contributed by atoms with van der Waals surface area (Å²) in [6, 6.07) is 12.0. The lowest BCUT2D eigenvalue weighted by Gasteiger charge is -2.40. The summed E-state index contributed by atoms with van der Waals surface area (Å²) in [4.78, 5) is 2.18. The van der Waals surface area contributed by atoms with Gasteiger partial charge >= 0.3 is 6.36 Å². The fourth-order valence-corrected chi connectivity index (χ4v) is 4.32. The molecular weight excluding hydrogens is 426 g/mol. The molecule has 1 fully saturated rings. The maximum Gasteiger partial charge on any atom is 0.573 e. The summed E-state index contributed by atoms with van der Waals surface area (Å²) in [6.45, 7) is 1.96. The van der Waals surface area contributed by atoms with E-state index in [1.807, 2.05) is 11.2 Å². The van der Waals surface area contributed by atoms with Crippen molar-refractivity contribution in [1.29, 1.82) is 0 Å². The Labute approximate surface area is 183 Å². The summed E-state index contributed by atoms with van der Waals surface area (Å²) in [7, 11) is 0. The first-order valence-electron chi connectivity index (χ1n) is 10.6. The molecule has 2 heterocycles. The molecule has 2 aliphatic heterocycles. The molecule has 1 atom stereocenters. The maximum atomic E-state index is 13.2. The summed E-state index contributed by atoms with van der Waals surface area (Å²) < 4.78 is 54.0. The Bertz CT molecular complexity index is 924. The van der Waals surface area contributed by atoms with Gasteiger partial charge in [-0.05, 0) is 61.2 Å². The van der Waals surface area contributed by atoms with E-state index >= 15 is 0 Å². The molecule has 1 saturated heterocycles. The summed E-state index contributed by atoms with van der Waals surface area (Å²) in [5, 5.41) is 17.4. The van der Waals surface area contributed by atoms with Gasteiger partial charge in [0.2, 0.25) is 0 Å². The highest BCUT2D eigenvalue weighted by atomic mass is 19.4. The van der Waals surface area contributed by atoms with Crippen LogP contribution in [0.5, 0.6) is 5.75 Å². The zero-order valence-corrected chi connectivity index (χ0v) is 17.4. The predicted molar refractivity (Wildman–Crippen MR) is 113 cm³/mol. The monoisotopic (exact) mass is 451 g/mol. The van der Waals surface area contributed by atoms with Gasteiger partial charge in [-0.15, -0.1) is 13.2 Å². The second kappa shape index (κ2) is 9.07. The van der Waals surface area contributed by atoms with Crippen molar-refractivity contribution < 1.29 is 27.4 Å². The highest BCUT2D eigenvalue weighted by molar-refractivity contribution is 5.66. The Hall–Kier alpha value is -2.65. The second-order valence-corrected chi connectivity index (χ2v) is 8.40. The molecule has 4 rings (SSSR count). The van der Waals surface area contributed by atoms with Crippen LogP contribution in [0.4, 0.5) is 23.2 Å². The number of rotatable bonds is 6. The first-order valence-corrected chi connectivity index (χ1v) is 10.6. The molecule has 2 aromatic carbocycles. The van der Waals surface area contributed by atoms with Crippen molar-refractivity contribution in [1.82, 2.24) is 4.90 Å². The van der Waals surface area contributed by atoms with Crippen LogP contribution < -0.4 is 9.75 Å². The fraction of sp³-hybridized carbons (Fsp3) is 0.435. The third-order valence-electron chi connectivity index (χ3n) is 5.99. The van der Waals surface area contributed by atoms with E-state index in [0.29, 0.717) is 38.9 Å². The van der Waals surface area contributed by atoms with Crippen molar-refractivity contribution in [3.05, 3.63) is 59.9 Å². The summed E-state index contributed by atoms with van der Waals surface area (Å²) in [5.74, 6) is -0.541. The summed E-state index contributed by atoms with van der Waals surface area (Å²) >= 11 is 0. The number of hydrazone groups is 1. The average molecular weight is 451 g/mol. The smallest absolute Gasteiger partial charge is 0.406 e. The van der Waals surface area contributed by atoms with Crippen LogP contribution in [0.15, 0.2) is 53.6 Å². The molecule has 9 heteroatoms. The van der Waals surface area contributed by atoms with Gasteiger partial charge < -0.3 is 9.84 Å². The van der Waals surface area contributed by atoms with E-state index in [-0.39, 0.29) is 17.6 Å². The van der Waals surface area contributed by atoms with Crippen LogP contribution in [0.25, 0.3) is 0 Å². The SMILES string of the molecule is OC1(CC2CC=NN2c2ccc(F)cc2)CCN(Cc2ccc(OC(F)(F)F)cc2)CC1. The van der Waals surface area contributed by atoms with Gasteiger partial charge in [0.25, 0.3) is 0 Å². The van der Waals surface area contributed by atoms with E-state index in [9.17, 15) is 22.7 Å². The van der Waals surface area contributed by atoms with Crippen molar-refractivity contribution in [3.63, 3.8) is 0 Å². The normalized spacial score (nSPS) is 21.2. The number of piperidine rings is 1. The highest BCUT2D eigenvalue weighted by Gasteiger charge is 2.37. The number of ether oxygens (including phenoxy) is 1. The van der Waals surface area contributed by atoms with E-state index in [2.05, 4.69) is 14.7 Å². The molecule has 172 valence electrons. The third kappa shape index (κ3) is 5.77. The molecule has 2 aromatic rings. The molecule has 1 unspecified atom stereocenters. The first kappa shape index (κ1) is 22.5. The van der Waals surface area contributed by atoms with Crippen molar-refractivity contribution in [2.75, 3.05) is 18.1 Å². The number of likely N-dealkylation sites (tertiary alicyclic amines) is 1. The zero-order chi connectivity index (χ0) is 22.8. The Morgan fingerprint density at radius 3 is 2.31 bits per heavy atom. The molecule has 0 amide bonds. The number of hydrogen-bond acceptors (Lipinski definition) is 5. The van der Waals surface area contributed by atoms with E-state index in [1.54, 1.807) is 24.3 Å². The van der Waals surface area contributed by atoms with Gasteiger partial charge in [-0.3, -0.25) is 9.91 Å². The van der Waals surface area contributed by atoms with E-state index < -0.39 is 12.0 Å². The minimum absolute atomic E-state index is 0.0122. The third-order valence-corrected chi connectivity index (χ3v) is 5.99. The molecule has 0 aromatic heterocycles. The molecule has 2 aliphatic rings. The number of hydrogen-bond donors (Lipinski definition) is 1. The highest BCUT2D eigenvalue weighted by Crippen LogP contribution is 2.33. The first-order chi connectivity index (χ1) is 15.2. The number of benzene rings is 2. The molecule has 32 heavy (non-hydrogen) atoms. The molecular formula is C23H25F4N3O2. The zero-order valence-electron chi connectivity index (χ0n) is 17.4. The average Bonchev–Trinajstić information content (AvgIpc) is 3.18. The quantitative estimate of drug-likeness (QED) is 0.647. The van der Waals surface area contributed by atoms with Gasteiger partial charge in [0.15, 0.2) is 0 Å². The van der Waals surface area contributed by atoms with Crippen molar-refractivity contribution in [2.24, 2.45) is 5.10 Å². The molecule has 0 radical (unpaired) electrons. The molecule has 0 bridgehead atoms. The van der Waals surface area contributed by atoms with Crippen molar-refractivity contribution in [3.8, 4) is 5.75 Å². The fourth-order valence-electron chi connectivity index (χ4n) is 4.32. The topological polar surface area (TPSA) is 48.3 Å².